The van der Waals surface area contributed by atoms with Crippen molar-refractivity contribution >= 4 is 0 Å². The van der Waals surface area contributed by atoms with Gasteiger partial charge in [-0.15, -0.1) is 0 Å². The lowest BCUT2D eigenvalue weighted by Crippen LogP contribution is -2.10. The zero-order valence-electron chi connectivity index (χ0n) is 11.5. The predicted octanol–water partition coefficient (Wildman–Crippen LogP) is 3.49. The third-order valence-corrected chi connectivity index (χ3v) is 3.66. The minimum atomic E-state index is -0.752. The fraction of sp³-hybridized carbons (Fsp3) is 0.312. The van der Waals surface area contributed by atoms with Crippen LogP contribution in [-0.2, 0) is 19.4 Å². The zero-order valence-corrected chi connectivity index (χ0v) is 11.5. The zero-order chi connectivity index (χ0) is 14.8. The average Bonchev–Trinajstić information content (AvgIpc) is 2.49. The third-order valence-electron chi connectivity index (χ3n) is 3.66. The van der Waals surface area contributed by atoms with Crippen molar-refractivity contribution in [3.05, 3.63) is 52.7 Å². The Hall–Kier alpha value is -2.01. The summed E-state index contributed by atoms with van der Waals surface area (Å²) < 4.78 is 32.1. The molecule has 2 N–H and O–H groups in total. The second-order valence-electron chi connectivity index (χ2n) is 5.15. The molecule has 0 spiro atoms. The van der Waals surface area contributed by atoms with E-state index in [9.17, 15) is 8.78 Å². The Morgan fingerprint density at radius 2 is 1.95 bits per heavy atom. The smallest absolute Gasteiger partial charge is 0.224 e. The van der Waals surface area contributed by atoms with Gasteiger partial charge in [0.2, 0.25) is 5.88 Å². The van der Waals surface area contributed by atoms with Gasteiger partial charge in [-0.1, -0.05) is 0 Å². The van der Waals surface area contributed by atoms with E-state index in [-0.39, 0.29) is 12.3 Å². The summed E-state index contributed by atoms with van der Waals surface area (Å²) in [7, 11) is 0. The highest BCUT2D eigenvalue weighted by molar-refractivity contribution is 5.39. The van der Waals surface area contributed by atoms with Crippen LogP contribution in [0.25, 0.3) is 0 Å². The number of nitrogens with two attached hydrogens (primary N) is 1. The van der Waals surface area contributed by atoms with Crippen molar-refractivity contribution in [2.75, 3.05) is 0 Å². The van der Waals surface area contributed by atoms with Crippen molar-refractivity contribution in [3.63, 3.8) is 0 Å². The van der Waals surface area contributed by atoms with Gasteiger partial charge in [0, 0.05) is 23.9 Å². The highest BCUT2D eigenvalue weighted by Gasteiger charge is 2.17. The van der Waals surface area contributed by atoms with E-state index >= 15 is 0 Å². The van der Waals surface area contributed by atoms with Gasteiger partial charge < -0.3 is 10.5 Å². The molecule has 5 heteroatoms. The van der Waals surface area contributed by atoms with Gasteiger partial charge in [-0.3, -0.25) is 0 Å². The van der Waals surface area contributed by atoms with Crippen molar-refractivity contribution in [1.82, 2.24) is 4.98 Å². The van der Waals surface area contributed by atoms with Crippen LogP contribution in [0.3, 0.4) is 0 Å². The van der Waals surface area contributed by atoms with Crippen LogP contribution in [0.1, 0.15) is 29.7 Å². The summed E-state index contributed by atoms with van der Waals surface area (Å²) in [5, 5.41) is 0. The fourth-order valence-electron chi connectivity index (χ4n) is 2.56. The van der Waals surface area contributed by atoms with Gasteiger partial charge in [-0.05, 0) is 49.4 Å². The maximum atomic E-state index is 13.7. The van der Waals surface area contributed by atoms with Crippen molar-refractivity contribution < 1.29 is 13.5 Å². The molecule has 0 atom stereocenters. The Morgan fingerprint density at radius 1 is 1.14 bits per heavy atom. The van der Waals surface area contributed by atoms with E-state index in [4.69, 9.17) is 10.5 Å². The Bertz CT molecular complexity index is 674. The van der Waals surface area contributed by atoms with E-state index in [0.717, 1.165) is 49.1 Å². The molecule has 2 aromatic rings. The summed E-state index contributed by atoms with van der Waals surface area (Å²) in [4.78, 5) is 4.48. The second kappa shape index (κ2) is 5.77. The number of hydrogen-bond acceptors (Lipinski definition) is 3. The summed E-state index contributed by atoms with van der Waals surface area (Å²) in [5.41, 5.74) is 8.63. The third kappa shape index (κ3) is 2.88. The highest BCUT2D eigenvalue weighted by atomic mass is 19.1. The lowest BCUT2D eigenvalue weighted by Gasteiger charge is -2.18. The maximum Gasteiger partial charge on any atom is 0.224 e. The number of aromatic nitrogens is 1. The monoisotopic (exact) mass is 290 g/mol. The molecule has 0 unspecified atom stereocenters. The molecule has 1 aliphatic carbocycles. The average molecular weight is 290 g/mol. The van der Waals surface area contributed by atoms with Crippen molar-refractivity contribution in [3.8, 4) is 11.6 Å². The Morgan fingerprint density at radius 3 is 2.71 bits per heavy atom. The topological polar surface area (TPSA) is 48.1 Å². The van der Waals surface area contributed by atoms with Gasteiger partial charge in [0.05, 0.1) is 0 Å². The molecule has 1 aliphatic rings. The molecule has 1 aromatic carbocycles. The number of aryl methyl sites for hydroxylation is 2. The first-order valence-corrected chi connectivity index (χ1v) is 7.02. The molecule has 0 fully saturated rings. The lowest BCUT2D eigenvalue weighted by molar-refractivity contribution is 0.416. The van der Waals surface area contributed by atoms with E-state index in [0.29, 0.717) is 5.88 Å². The van der Waals surface area contributed by atoms with Crippen molar-refractivity contribution in [2.24, 2.45) is 5.73 Å². The number of pyridine rings is 1. The summed E-state index contributed by atoms with van der Waals surface area (Å²) in [6.45, 7) is 0.262. The molecule has 21 heavy (non-hydrogen) atoms. The van der Waals surface area contributed by atoms with Gasteiger partial charge in [-0.2, -0.15) is 0 Å². The predicted molar refractivity (Wildman–Crippen MR) is 75.2 cm³/mol. The molecule has 0 saturated carbocycles. The molecule has 0 amide bonds. The van der Waals surface area contributed by atoms with Crippen LogP contribution in [0.4, 0.5) is 8.78 Å². The van der Waals surface area contributed by atoms with Gasteiger partial charge in [0.1, 0.15) is 5.82 Å². The van der Waals surface area contributed by atoms with Crippen LogP contribution in [0.2, 0.25) is 0 Å². The minimum Gasteiger partial charge on any atom is -0.436 e. The normalized spacial score (nSPS) is 13.9. The van der Waals surface area contributed by atoms with Gasteiger partial charge in [-0.25, -0.2) is 13.8 Å². The SMILES string of the molecule is NCc1cc2c(nc1Oc1ccc(F)cc1F)CCCC2. The first-order valence-electron chi connectivity index (χ1n) is 7.02. The summed E-state index contributed by atoms with van der Waals surface area (Å²) in [6.07, 6.45) is 4.11. The Balaban J connectivity index is 1.97. The highest BCUT2D eigenvalue weighted by Crippen LogP contribution is 2.30. The summed E-state index contributed by atoms with van der Waals surface area (Å²) in [6, 6.07) is 5.18. The van der Waals surface area contributed by atoms with Crippen LogP contribution in [-0.4, -0.2) is 4.98 Å². The van der Waals surface area contributed by atoms with Crippen molar-refractivity contribution in [1.29, 1.82) is 0 Å². The standard InChI is InChI=1S/C16H16F2N2O/c17-12-5-6-15(13(18)8-12)21-16-11(9-19)7-10-3-1-2-4-14(10)20-16/h5-8H,1-4,9,19H2. The number of ether oxygens (including phenoxy) is 1. The van der Waals surface area contributed by atoms with Crippen LogP contribution in [0, 0.1) is 11.6 Å². The molecular formula is C16H16F2N2O. The molecule has 1 heterocycles. The molecule has 110 valence electrons. The minimum absolute atomic E-state index is 0.0469. The summed E-state index contributed by atoms with van der Waals surface area (Å²) in [5.74, 6) is -1.13. The largest absolute Gasteiger partial charge is 0.436 e. The fourth-order valence-corrected chi connectivity index (χ4v) is 2.56. The van der Waals surface area contributed by atoms with E-state index in [1.165, 1.54) is 11.6 Å². The number of nitrogens with zero attached hydrogens (tertiary/aromatic N) is 1. The first-order chi connectivity index (χ1) is 10.2. The molecule has 0 aliphatic heterocycles. The number of hydrogen-bond donors (Lipinski definition) is 1. The van der Waals surface area contributed by atoms with Crippen LogP contribution in [0.5, 0.6) is 11.6 Å². The summed E-state index contributed by atoms with van der Waals surface area (Å²) >= 11 is 0. The second-order valence-corrected chi connectivity index (χ2v) is 5.15. The molecule has 0 bridgehead atoms. The number of rotatable bonds is 3. The quantitative estimate of drug-likeness (QED) is 0.941. The first kappa shape index (κ1) is 13.9. The van der Waals surface area contributed by atoms with E-state index in [2.05, 4.69) is 4.98 Å². The molecule has 3 rings (SSSR count). The molecule has 0 saturated heterocycles. The van der Waals surface area contributed by atoms with E-state index in [1.807, 2.05) is 6.07 Å². The Labute approximate surface area is 121 Å². The lowest BCUT2D eigenvalue weighted by atomic mass is 9.95. The van der Waals surface area contributed by atoms with E-state index in [1.54, 1.807) is 0 Å². The van der Waals surface area contributed by atoms with Gasteiger partial charge in [0.15, 0.2) is 11.6 Å². The number of halogens is 2. The molecule has 0 radical (unpaired) electrons. The van der Waals surface area contributed by atoms with Crippen LogP contribution in [0.15, 0.2) is 24.3 Å². The van der Waals surface area contributed by atoms with Crippen LogP contribution < -0.4 is 10.5 Å². The van der Waals surface area contributed by atoms with Crippen molar-refractivity contribution in [2.45, 2.75) is 32.2 Å². The molecule has 1 aromatic heterocycles. The van der Waals surface area contributed by atoms with Gasteiger partial charge >= 0.3 is 0 Å². The van der Waals surface area contributed by atoms with Gasteiger partial charge in [0.25, 0.3) is 0 Å². The number of fused-ring (bicyclic) bond motifs is 1. The van der Waals surface area contributed by atoms with E-state index < -0.39 is 11.6 Å². The maximum absolute atomic E-state index is 13.7. The van der Waals surface area contributed by atoms with Crippen LogP contribution >= 0.6 is 0 Å². The Kier molecular flexibility index (Phi) is 3.84. The molecular weight excluding hydrogens is 274 g/mol. The number of benzene rings is 1. The molecule has 3 nitrogen and oxygen atoms in total.